The number of ether oxygens (including phenoxy) is 1. The lowest BCUT2D eigenvalue weighted by atomic mass is 9.83. The lowest BCUT2D eigenvalue weighted by Gasteiger charge is -2.36. The van der Waals surface area contributed by atoms with Crippen LogP contribution in [0.2, 0.25) is 0 Å². The van der Waals surface area contributed by atoms with Crippen LogP contribution >= 0.6 is 0 Å². The molecule has 1 aromatic heterocycles. The molecule has 0 saturated heterocycles. The van der Waals surface area contributed by atoms with E-state index in [0.717, 1.165) is 25.0 Å². The highest BCUT2D eigenvalue weighted by molar-refractivity contribution is 5.89. The van der Waals surface area contributed by atoms with Crippen molar-refractivity contribution in [2.24, 2.45) is 5.92 Å². The minimum absolute atomic E-state index is 0.0444. The molecule has 1 aromatic carbocycles. The van der Waals surface area contributed by atoms with Gasteiger partial charge in [0.2, 0.25) is 0 Å². The summed E-state index contributed by atoms with van der Waals surface area (Å²) in [7, 11) is 0. The van der Waals surface area contributed by atoms with E-state index in [4.69, 9.17) is 4.74 Å². The first-order chi connectivity index (χ1) is 11.0. The van der Waals surface area contributed by atoms with E-state index in [1.54, 1.807) is 0 Å². The van der Waals surface area contributed by atoms with Crippen molar-refractivity contribution in [1.82, 2.24) is 4.98 Å². The highest BCUT2D eigenvalue weighted by atomic mass is 16.5. The van der Waals surface area contributed by atoms with Crippen LogP contribution < -0.4 is 0 Å². The molecular formula is C20H27NO2. The Hall–Kier alpha value is -1.61. The molecule has 1 unspecified atom stereocenters. The lowest BCUT2D eigenvalue weighted by Crippen LogP contribution is -2.38. The molecule has 3 rings (SSSR count). The lowest BCUT2D eigenvalue weighted by molar-refractivity contribution is -0.133. The summed E-state index contributed by atoms with van der Waals surface area (Å²) in [6.07, 6.45) is 3.19. The van der Waals surface area contributed by atoms with Crippen LogP contribution in [-0.2, 0) is 28.0 Å². The number of hydrogen-bond donors (Lipinski definition) is 1. The molecule has 3 heteroatoms. The van der Waals surface area contributed by atoms with Gasteiger partial charge in [0.25, 0.3) is 0 Å². The first-order valence-electron chi connectivity index (χ1n) is 8.82. The number of aryl methyl sites for hydroxylation is 1. The zero-order chi connectivity index (χ0) is 16.6. The van der Waals surface area contributed by atoms with E-state index in [1.807, 2.05) is 13.8 Å². The van der Waals surface area contributed by atoms with E-state index in [-0.39, 0.29) is 11.7 Å². The van der Waals surface area contributed by atoms with Gasteiger partial charge < -0.3 is 9.72 Å². The Morgan fingerprint density at radius 2 is 2.13 bits per heavy atom. The third-order valence-corrected chi connectivity index (χ3v) is 5.27. The third-order valence-electron chi connectivity index (χ3n) is 5.27. The zero-order valence-electron chi connectivity index (χ0n) is 14.7. The Morgan fingerprint density at radius 1 is 1.35 bits per heavy atom. The fraction of sp³-hybridized carbons (Fsp3) is 0.550. The van der Waals surface area contributed by atoms with Gasteiger partial charge in [0.15, 0.2) is 0 Å². The second kappa shape index (κ2) is 6.12. The van der Waals surface area contributed by atoms with Gasteiger partial charge in [0.1, 0.15) is 11.4 Å². The van der Waals surface area contributed by atoms with Gasteiger partial charge in [-0.3, -0.25) is 4.79 Å². The molecule has 2 aromatic rings. The van der Waals surface area contributed by atoms with Crippen LogP contribution in [0.4, 0.5) is 0 Å². The van der Waals surface area contributed by atoms with Crippen molar-refractivity contribution in [3.05, 3.63) is 35.0 Å². The van der Waals surface area contributed by atoms with Gasteiger partial charge >= 0.3 is 0 Å². The van der Waals surface area contributed by atoms with Crippen LogP contribution in [0.5, 0.6) is 0 Å². The fourth-order valence-corrected chi connectivity index (χ4v) is 3.73. The number of carbonyl (C=O) groups is 1. The van der Waals surface area contributed by atoms with E-state index in [1.165, 1.54) is 22.0 Å². The maximum Gasteiger partial charge on any atom is 0.138 e. The largest absolute Gasteiger partial charge is 0.368 e. The van der Waals surface area contributed by atoms with Crippen LogP contribution in [0.1, 0.15) is 57.4 Å². The molecule has 1 aliphatic heterocycles. The molecule has 0 amide bonds. The van der Waals surface area contributed by atoms with Crippen LogP contribution in [0.25, 0.3) is 10.9 Å². The third kappa shape index (κ3) is 2.61. The summed E-state index contributed by atoms with van der Waals surface area (Å²) < 4.78 is 6.21. The minimum Gasteiger partial charge on any atom is -0.368 e. The van der Waals surface area contributed by atoms with Gasteiger partial charge in [0.05, 0.1) is 12.3 Å². The van der Waals surface area contributed by atoms with E-state index in [0.29, 0.717) is 13.0 Å². The molecule has 1 aliphatic rings. The van der Waals surface area contributed by atoms with Crippen LogP contribution in [0, 0.1) is 5.92 Å². The number of hydrogen-bond acceptors (Lipinski definition) is 2. The Morgan fingerprint density at radius 3 is 2.78 bits per heavy atom. The number of para-hydroxylation sites is 1. The number of Topliss-reactive ketones (excluding diaryl/α,β-unsaturated/α-hetero) is 1. The molecule has 0 aliphatic carbocycles. The summed E-state index contributed by atoms with van der Waals surface area (Å²) in [6, 6.07) is 6.51. The number of carbonyl (C=O) groups excluding carboxylic acids is 1. The van der Waals surface area contributed by atoms with Crippen molar-refractivity contribution >= 4 is 16.7 Å². The maximum atomic E-state index is 12.4. The predicted octanol–water partition coefficient (Wildman–Crippen LogP) is 4.52. The van der Waals surface area contributed by atoms with Gasteiger partial charge in [-0.05, 0) is 30.4 Å². The topological polar surface area (TPSA) is 42.1 Å². The molecular weight excluding hydrogens is 286 g/mol. The van der Waals surface area contributed by atoms with Crippen molar-refractivity contribution in [1.29, 1.82) is 0 Å². The average molecular weight is 313 g/mol. The summed E-state index contributed by atoms with van der Waals surface area (Å²) in [6.45, 7) is 8.93. The van der Waals surface area contributed by atoms with Crippen molar-refractivity contribution in [2.45, 2.75) is 59.0 Å². The summed E-state index contributed by atoms with van der Waals surface area (Å²) >= 11 is 0. The quantitative estimate of drug-likeness (QED) is 0.881. The SMILES string of the molecule is CCc1cccc2c3c([nH]c12)C(CC)(CC(=O)C(C)C)OCC3. The summed E-state index contributed by atoms with van der Waals surface area (Å²) in [5, 5.41) is 1.30. The molecule has 1 atom stereocenters. The van der Waals surface area contributed by atoms with Crippen LogP contribution in [0.15, 0.2) is 18.2 Å². The van der Waals surface area contributed by atoms with Crippen LogP contribution in [0.3, 0.4) is 0 Å². The average Bonchev–Trinajstić information content (AvgIpc) is 2.94. The Balaban J connectivity index is 2.16. The number of nitrogens with one attached hydrogen (secondary N) is 1. The summed E-state index contributed by atoms with van der Waals surface area (Å²) in [5.74, 6) is 0.317. The molecule has 2 heterocycles. The number of benzene rings is 1. The number of fused-ring (bicyclic) bond motifs is 3. The number of rotatable bonds is 5. The maximum absolute atomic E-state index is 12.4. The first kappa shape index (κ1) is 16.3. The summed E-state index contributed by atoms with van der Waals surface area (Å²) in [5.41, 5.74) is 4.55. The van der Waals surface area contributed by atoms with E-state index < -0.39 is 5.60 Å². The number of aromatic nitrogens is 1. The minimum atomic E-state index is -0.487. The molecule has 124 valence electrons. The zero-order valence-corrected chi connectivity index (χ0v) is 14.7. The fourth-order valence-electron chi connectivity index (χ4n) is 3.73. The molecule has 0 spiro atoms. The standard InChI is InChI=1S/C20H27NO2/c1-5-14-8-7-9-15-16-10-11-23-20(6-2,12-17(22)13(3)4)19(16)21-18(14)15/h7-9,13,21H,5-6,10-12H2,1-4H3. The smallest absolute Gasteiger partial charge is 0.138 e. The van der Waals surface area contributed by atoms with Gasteiger partial charge in [-0.25, -0.2) is 0 Å². The van der Waals surface area contributed by atoms with Crippen molar-refractivity contribution in [3.8, 4) is 0 Å². The van der Waals surface area contributed by atoms with Crippen molar-refractivity contribution < 1.29 is 9.53 Å². The molecule has 0 saturated carbocycles. The van der Waals surface area contributed by atoms with Crippen LogP contribution in [-0.4, -0.2) is 17.4 Å². The Kier molecular flexibility index (Phi) is 4.33. The van der Waals surface area contributed by atoms with Gasteiger partial charge in [-0.1, -0.05) is 45.9 Å². The normalized spacial score (nSPS) is 20.9. The van der Waals surface area contributed by atoms with Crippen molar-refractivity contribution in [2.75, 3.05) is 6.61 Å². The predicted molar refractivity (Wildman–Crippen MR) is 93.8 cm³/mol. The number of aromatic amines is 1. The van der Waals surface area contributed by atoms with Gasteiger partial charge in [0, 0.05) is 23.2 Å². The monoisotopic (exact) mass is 313 g/mol. The Labute approximate surface area is 138 Å². The molecule has 3 nitrogen and oxygen atoms in total. The van der Waals surface area contributed by atoms with Crippen molar-refractivity contribution in [3.63, 3.8) is 0 Å². The van der Waals surface area contributed by atoms with Gasteiger partial charge in [-0.2, -0.15) is 0 Å². The highest BCUT2D eigenvalue weighted by Crippen LogP contribution is 2.42. The second-order valence-electron chi connectivity index (χ2n) is 6.92. The molecule has 0 fully saturated rings. The van der Waals surface area contributed by atoms with E-state index in [9.17, 15) is 4.79 Å². The number of ketones is 1. The molecule has 1 N–H and O–H groups in total. The molecule has 0 bridgehead atoms. The Bertz CT molecular complexity index is 729. The second-order valence-corrected chi connectivity index (χ2v) is 6.92. The van der Waals surface area contributed by atoms with Gasteiger partial charge in [-0.15, -0.1) is 0 Å². The molecule has 23 heavy (non-hydrogen) atoms. The molecule has 0 radical (unpaired) electrons. The highest BCUT2D eigenvalue weighted by Gasteiger charge is 2.41. The van der Waals surface area contributed by atoms with E-state index >= 15 is 0 Å². The first-order valence-corrected chi connectivity index (χ1v) is 8.82. The number of H-pyrrole nitrogens is 1. The van der Waals surface area contributed by atoms with E-state index in [2.05, 4.69) is 37.0 Å². The summed E-state index contributed by atoms with van der Waals surface area (Å²) in [4.78, 5) is 16.1.